The number of methoxy groups -OCH3 is 1. The van der Waals surface area contributed by atoms with Crippen LogP contribution in [0.5, 0.6) is 5.88 Å². The fraction of sp³-hybridized carbons (Fsp3) is 0.333. The number of nitro groups is 1. The first-order valence-corrected chi connectivity index (χ1v) is 6.09. The van der Waals surface area contributed by atoms with E-state index in [1.165, 1.54) is 19.2 Å². The van der Waals surface area contributed by atoms with Gasteiger partial charge in [0.25, 0.3) is 0 Å². The minimum Gasteiger partial charge on any atom is -0.481 e. The second-order valence-electron chi connectivity index (χ2n) is 4.06. The average molecular weight is 277 g/mol. The molecule has 0 aliphatic rings. The molecule has 2 aromatic rings. The first kappa shape index (κ1) is 13.8. The molecule has 0 saturated carbocycles. The van der Waals surface area contributed by atoms with Crippen molar-refractivity contribution in [2.24, 2.45) is 0 Å². The Hall–Kier alpha value is -2.64. The fourth-order valence-corrected chi connectivity index (χ4v) is 1.71. The Balaban J connectivity index is 1.95. The number of aryl methyl sites for hydroxylation is 1. The van der Waals surface area contributed by atoms with Crippen molar-refractivity contribution in [1.82, 2.24) is 14.5 Å². The maximum atomic E-state index is 10.9. The van der Waals surface area contributed by atoms with Crippen LogP contribution < -0.4 is 10.1 Å². The molecule has 0 fully saturated rings. The van der Waals surface area contributed by atoms with E-state index in [4.69, 9.17) is 4.74 Å². The lowest BCUT2D eigenvalue weighted by Gasteiger charge is -2.08. The summed E-state index contributed by atoms with van der Waals surface area (Å²) in [6, 6.07) is 2.85. The number of nitrogens with zero attached hydrogens (tertiary/aromatic N) is 4. The lowest BCUT2D eigenvalue weighted by atomic mass is 10.3. The van der Waals surface area contributed by atoms with Crippen LogP contribution in [0.25, 0.3) is 0 Å². The lowest BCUT2D eigenvalue weighted by molar-refractivity contribution is -0.384. The molecule has 20 heavy (non-hydrogen) atoms. The Morgan fingerprint density at radius 3 is 3.00 bits per heavy atom. The Bertz CT molecular complexity index is 570. The molecule has 0 atom stereocenters. The van der Waals surface area contributed by atoms with Crippen molar-refractivity contribution in [1.29, 1.82) is 0 Å². The molecular weight excluding hydrogens is 262 g/mol. The van der Waals surface area contributed by atoms with E-state index in [9.17, 15) is 10.1 Å². The van der Waals surface area contributed by atoms with Gasteiger partial charge in [-0.05, 0) is 6.42 Å². The molecule has 8 heteroatoms. The van der Waals surface area contributed by atoms with E-state index in [-0.39, 0.29) is 11.5 Å². The number of rotatable bonds is 7. The molecule has 106 valence electrons. The molecule has 0 amide bonds. The summed E-state index contributed by atoms with van der Waals surface area (Å²) < 4.78 is 6.91. The second-order valence-corrected chi connectivity index (χ2v) is 4.06. The van der Waals surface area contributed by atoms with E-state index >= 15 is 0 Å². The predicted molar refractivity (Wildman–Crippen MR) is 72.8 cm³/mol. The molecule has 2 aromatic heterocycles. The van der Waals surface area contributed by atoms with Gasteiger partial charge in [0.05, 0.1) is 18.4 Å². The molecule has 0 bridgehead atoms. The highest BCUT2D eigenvalue weighted by atomic mass is 16.6. The van der Waals surface area contributed by atoms with Crippen molar-refractivity contribution in [2.75, 3.05) is 19.0 Å². The normalized spacial score (nSPS) is 10.2. The van der Waals surface area contributed by atoms with Crippen LogP contribution in [-0.4, -0.2) is 33.1 Å². The maximum Gasteiger partial charge on any atom is 0.311 e. The molecule has 8 nitrogen and oxygen atoms in total. The molecular formula is C12H15N5O3. The maximum absolute atomic E-state index is 10.9. The van der Waals surface area contributed by atoms with Crippen LogP contribution in [0, 0.1) is 10.1 Å². The topological polar surface area (TPSA) is 95.1 Å². The van der Waals surface area contributed by atoms with E-state index in [1.807, 2.05) is 10.8 Å². The molecule has 0 aliphatic heterocycles. The van der Waals surface area contributed by atoms with Crippen molar-refractivity contribution < 1.29 is 9.66 Å². The van der Waals surface area contributed by atoms with Gasteiger partial charge >= 0.3 is 5.69 Å². The number of hydrogen-bond donors (Lipinski definition) is 1. The summed E-state index contributed by atoms with van der Waals surface area (Å²) in [6.45, 7) is 1.35. The van der Waals surface area contributed by atoms with Gasteiger partial charge in [0.2, 0.25) is 11.7 Å². The van der Waals surface area contributed by atoms with Crippen LogP contribution in [0.1, 0.15) is 6.42 Å². The van der Waals surface area contributed by atoms with Gasteiger partial charge in [-0.15, -0.1) is 0 Å². The Morgan fingerprint density at radius 1 is 1.50 bits per heavy atom. The summed E-state index contributed by atoms with van der Waals surface area (Å²) in [5.41, 5.74) is -0.0616. The van der Waals surface area contributed by atoms with Gasteiger partial charge in [0.15, 0.2) is 0 Å². The van der Waals surface area contributed by atoms with Crippen molar-refractivity contribution >= 4 is 11.5 Å². The molecule has 0 aliphatic carbocycles. The van der Waals surface area contributed by atoms with Gasteiger partial charge in [-0.1, -0.05) is 0 Å². The predicted octanol–water partition coefficient (Wildman–Crippen LogP) is 1.70. The largest absolute Gasteiger partial charge is 0.481 e. The lowest BCUT2D eigenvalue weighted by Crippen LogP contribution is -2.09. The van der Waals surface area contributed by atoms with Crippen LogP contribution in [0.4, 0.5) is 11.5 Å². The second kappa shape index (κ2) is 6.50. The summed E-state index contributed by atoms with van der Waals surface area (Å²) in [6.07, 6.45) is 6.10. The third kappa shape index (κ3) is 3.44. The van der Waals surface area contributed by atoms with Gasteiger partial charge in [-0.3, -0.25) is 10.1 Å². The summed E-state index contributed by atoms with van der Waals surface area (Å²) in [5.74, 6) is 0.563. The highest BCUT2D eigenvalue weighted by molar-refractivity contribution is 5.56. The minimum absolute atomic E-state index is 0.0616. The van der Waals surface area contributed by atoms with Crippen LogP contribution in [-0.2, 0) is 6.54 Å². The van der Waals surface area contributed by atoms with E-state index in [2.05, 4.69) is 15.3 Å². The number of hydrogen-bond acceptors (Lipinski definition) is 6. The van der Waals surface area contributed by atoms with Gasteiger partial charge in [-0.25, -0.2) is 4.98 Å². The van der Waals surface area contributed by atoms with Crippen LogP contribution >= 0.6 is 0 Å². The molecule has 0 saturated heterocycles. The quantitative estimate of drug-likeness (QED) is 0.470. The summed E-state index contributed by atoms with van der Waals surface area (Å²) >= 11 is 0. The highest BCUT2D eigenvalue weighted by Gasteiger charge is 2.15. The fourth-order valence-electron chi connectivity index (χ4n) is 1.71. The first-order valence-electron chi connectivity index (χ1n) is 6.09. The number of ether oxygens (including phenoxy) is 1. The summed E-state index contributed by atoms with van der Waals surface area (Å²) in [5, 5.41) is 13.9. The SMILES string of the molecule is COc1ccc([N+](=O)[O-])c(NCCCn2ccnc2)n1. The van der Waals surface area contributed by atoms with Gasteiger partial charge in [0, 0.05) is 37.6 Å². The standard InChI is InChI=1S/C12H15N5O3/c1-20-11-4-3-10(17(18)19)12(15-11)14-5-2-7-16-8-6-13-9-16/h3-4,6,8-9H,2,5,7H2,1H3,(H,14,15). The van der Waals surface area contributed by atoms with Crippen molar-refractivity contribution in [3.63, 3.8) is 0 Å². The van der Waals surface area contributed by atoms with Gasteiger partial charge in [-0.2, -0.15) is 4.98 Å². The summed E-state index contributed by atoms with van der Waals surface area (Å²) in [4.78, 5) is 18.4. The van der Waals surface area contributed by atoms with Crippen LogP contribution in [0.3, 0.4) is 0 Å². The van der Waals surface area contributed by atoms with Crippen molar-refractivity contribution in [2.45, 2.75) is 13.0 Å². The molecule has 0 radical (unpaired) electrons. The zero-order valence-electron chi connectivity index (χ0n) is 11.0. The van der Waals surface area contributed by atoms with Crippen molar-refractivity contribution in [3.8, 4) is 5.88 Å². The molecule has 1 N–H and O–H groups in total. The van der Waals surface area contributed by atoms with Gasteiger partial charge < -0.3 is 14.6 Å². The Labute approximate surface area is 115 Å². The van der Waals surface area contributed by atoms with E-state index < -0.39 is 4.92 Å². The third-order valence-electron chi connectivity index (χ3n) is 2.70. The highest BCUT2D eigenvalue weighted by Crippen LogP contribution is 2.24. The minimum atomic E-state index is -0.468. The third-order valence-corrected chi connectivity index (χ3v) is 2.70. The number of aromatic nitrogens is 3. The molecule has 0 unspecified atom stereocenters. The molecule has 0 spiro atoms. The zero-order valence-corrected chi connectivity index (χ0v) is 11.0. The number of pyridine rings is 1. The van der Waals surface area contributed by atoms with E-state index in [0.29, 0.717) is 12.4 Å². The molecule has 2 heterocycles. The van der Waals surface area contributed by atoms with Crippen LogP contribution in [0.15, 0.2) is 30.9 Å². The Morgan fingerprint density at radius 2 is 2.35 bits per heavy atom. The summed E-state index contributed by atoms with van der Waals surface area (Å²) in [7, 11) is 1.47. The smallest absolute Gasteiger partial charge is 0.311 e. The first-order chi connectivity index (χ1) is 9.70. The number of anilines is 1. The molecule has 2 rings (SSSR count). The average Bonchev–Trinajstić information content (AvgIpc) is 2.96. The number of nitrogens with one attached hydrogen (secondary N) is 1. The van der Waals surface area contributed by atoms with Crippen molar-refractivity contribution in [3.05, 3.63) is 41.0 Å². The monoisotopic (exact) mass is 277 g/mol. The van der Waals surface area contributed by atoms with E-state index in [1.54, 1.807) is 12.5 Å². The number of imidazole rings is 1. The van der Waals surface area contributed by atoms with E-state index in [0.717, 1.165) is 13.0 Å². The van der Waals surface area contributed by atoms with Crippen LogP contribution in [0.2, 0.25) is 0 Å². The van der Waals surface area contributed by atoms with Gasteiger partial charge in [0.1, 0.15) is 0 Å². The zero-order chi connectivity index (χ0) is 14.4. The molecule has 0 aromatic carbocycles. The Kier molecular flexibility index (Phi) is 4.48.